The van der Waals surface area contributed by atoms with Crippen molar-refractivity contribution in [1.29, 1.82) is 0 Å². The molecular weight excluding hydrogens is 482 g/mol. The van der Waals surface area contributed by atoms with E-state index in [0.717, 1.165) is 25.8 Å². The highest BCUT2D eigenvalue weighted by Crippen LogP contribution is 2.32. The number of anilines is 2. The predicted octanol–water partition coefficient (Wildman–Crippen LogP) is 5.91. The zero-order chi connectivity index (χ0) is 24.9. The maximum Gasteiger partial charge on any atom is 0.255 e. The van der Waals surface area contributed by atoms with Crippen LogP contribution >= 0.6 is 23.1 Å². The van der Waals surface area contributed by atoms with E-state index in [1.165, 1.54) is 35.8 Å². The van der Waals surface area contributed by atoms with E-state index < -0.39 is 0 Å². The summed E-state index contributed by atoms with van der Waals surface area (Å²) < 4.78 is 12.2. The van der Waals surface area contributed by atoms with Crippen molar-refractivity contribution in [2.45, 2.75) is 18.2 Å². The monoisotopic (exact) mass is 507 g/mol. The smallest absolute Gasteiger partial charge is 0.255 e. The number of ether oxygens (including phenoxy) is 2. The molecular formula is C26H25N3O4S2. The van der Waals surface area contributed by atoms with Crippen LogP contribution in [0.4, 0.5) is 11.4 Å². The first-order chi connectivity index (χ1) is 16.9. The van der Waals surface area contributed by atoms with Gasteiger partial charge in [-0.1, -0.05) is 17.8 Å². The molecule has 7 nitrogen and oxygen atoms in total. The van der Waals surface area contributed by atoms with Crippen LogP contribution in [0.25, 0.3) is 10.2 Å². The molecule has 1 heterocycles. The van der Waals surface area contributed by atoms with Gasteiger partial charge in [0.25, 0.3) is 5.91 Å². The van der Waals surface area contributed by atoms with Crippen LogP contribution in [0.3, 0.4) is 0 Å². The molecule has 35 heavy (non-hydrogen) atoms. The highest BCUT2D eigenvalue weighted by molar-refractivity contribution is 8.01. The minimum Gasteiger partial charge on any atom is -0.493 e. The number of hydrogen-bond donors (Lipinski definition) is 2. The van der Waals surface area contributed by atoms with Crippen molar-refractivity contribution in [3.05, 3.63) is 71.3 Å². The molecule has 0 unspecified atom stereocenters. The molecule has 0 saturated carbocycles. The first kappa shape index (κ1) is 24.6. The maximum atomic E-state index is 12.7. The van der Waals surface area contributed by atoms with Gasteiger partial charge in [-0.15, -0.1) is 11.3 Å². The van der Waals surface area contributed by atoms with Gasteiger partial charge in [-0.3, -0.25) is 9.59 Å². The van der Waals surface area contributed by atoms with Gasteiger partial charge < -0.3 is 20.1 Å². The van der Waals surface area contributed by atoms with E-state index in [9.17, 15) is 9.59 Å². The van der Waals surface area contributed by atoms with Gasteiger partial charge in [0.1, 0.15) is 0 Å². The van der Waals surface area contributed by atoms with E-state index in [1.54, 1.807) is 25.3 Å². The van der Waals surface area contributed by atoms with Crippen molar-refractivity contribution in [3.63, 3.8) is 0 Å². The summed E-state index contributed by atoms with van der Waals surface area (Å²) >= 11 is 2.87. The molecule has 0 spiro atoms. The molecule has 0 aliphatic carbocycles. The number of methoxy groups -OCH3 is 2. The molecule has 0 atom stereocenters. The van der Waals surface area contributed by atoms with Crippen LogP contribution in [0.2, 0.25) is 0 Å². The summed E-state index contributed by atoms with van der Waals surface area (Å²) in [4.78, 5) is 29.7. The number of aromatic nitrogens is 1. The Balaban J connectivity index is 1.39. The standard InChI is InChI=1S/C26H25N3O4S2/c1-15-5-7-18(11-16(15)2)27-24(30)14-34-26-29-20-9-8-19(13-23(20)35-26)28-25(31)17-6-10-21(32-3)22(12-17)33-4/h5-13H,14H2,1-4H3,(H,27,30)(H,28,31). The molecule has 2 amide bonds. The number of thiazole rings is 1. The van der Waals surface area contributed by atoms with Crippen LogP contribution in [0.1, 0.15) is 21.5 Å². The van der Waals surface area contributed by atoms with Crippen LogP contribution in [0.15, 0.2) is 58.9 Å². The van der Waals surface area contributed by atoms with Gasteiger partial charge in [-0.2, -0.15) is 0 Å². The second kappa shape index (κ2) is 10.8. The number of fused-ring (bicyclic) bond motifs is 1. The number of hydrogen-bond acceptors (Lipinski definition) is 7. The van der Waals surface area contributed by atoms with Crippen molar-refractivity contribution >= 4 is 56.5 Å². The normalized spacial score (nSPS) is 10.7. The fourth-order valence-electron chi connectivity index (χ4n) is 3.37. The summed E-state index contributed by atoms with van der Waals surface area (Å²) in [6.45, 7) is 4.06. The Labute approximate surface area is 211 Å². The van der Waals surface area contributed by atoms with E-state index in [2.05, 4.69) is 15.6 Å². The van der Waals surface area contributed by atoms with Crippen LogP contribution in [-0.2, 0) is 4.79 Å². The highest BCUT2D eigenvalue weighted by Gasteiger charge is 2.13. The third-order valence-corrected chi connectivity index (χ3v) is 7.55. The topological polar surface area (TPSA) is 89.5 Å². The zero-order valence-corrected chi connectivity index (χ0v) is 21.4. The lowest BCUT2D eigenvalue weighted by Crippen LogP contribution is -2.14. The van der Waals surface area contributed by atoms with E-state index in [-0.39, 0.29) is 17.6 Å². The van der Waals surface area contributed by atoms with Gasteiger partial charge >= 0.3 is 0 Å². The van der Waals surface area contributed by atoms with Crippen molar-refractivity contribution in [2.75, 3.05) is 30.6 Å². The number of carbonyl (C=O) groups is 2. The summed E-state index contributed by atoms with van der Waals surface area (Å²) in [6.07, 6.45) is 0. The van der Waals surface area contributed by atoms with Crippen molar-refractivity contribution in [2.24, 2.45) is 0 Å². The van der Waals surface area contributed by atoms with Crippen LogP contribution in [0.5, 0.6) is 11.5 Å². The Bertz CT molecular complexity index is 1400. The summed E-state index contributed by atoms with van der Waals surface area (Å²) in [6, 6.07) is 16.4. The molecule has 0 saturated heterocycles. The minimum absolute atomic E-state index is 0.0830. The number of thioether (sulfide) groups is 1. The first-order valence-electron chi connectivity index (χ1n) is 10.8. The second-order valence-electron chi connectivity index (χ2n) is 7.82. The van der Waals surface area contributed by atoms with Gasteiger partial charge in [0, 0.05) is 16.9 Å². The fourth-order valence-corrected chi connectivity index (χ4v) is 5.27. The Morgan fingerprint density at radius 2 is 1.63 bits per heavy atom. The molecule has 4 aromatic rings. The average Bonchev–Trinajstić information content (AvgIpc) is 3.26. The lowest BCUT2D eigenvalue weighted by molar-refractivity contribution is -0.113. The van der Waals surface area contributed by atoms with Gasteiger partial charge in [0.05, 0.1) is 30.2 Å². The Morgan fingerprint density at radius 3 is 2.37 bits per heavy atom. The van der Waals surface area contributed by atoms with E-state index >= 15 is 0 Å². The molecule has 0 bridgehead atoms. The Morgan fingerprint density at radius 1 is 0.886 bits per heavy atom. The van der Waals surface area contributed by atoms with Crippen LogP contribution < -0.4 is 20.1 Å². The fraction of sp³-hybridized carbons (Fsp3) is 0.192. The lowest BCUT2D eigenvalue weighted by Gasteiger charge is -2.10. The van der Waals surface area contributed by atoms with Crippen molar-refractivity contribution < 1.29 is 19.1 Å². The average molecular weight is 508 g/mol. The number of aryl methyl sites for hydroxylation is 2. The number of benzene rings is 3. The SMILES string of the molecule is COc1ccc(C(=O)Nc2ccc3nc(SCC(=O)Nc4ccc(C)c(C)c4)sc3c2)cc1OC. The summed E-state index contributed by atoms with van der Waals surface area (Å²) in [5.74, 6) is 0.965. The number of nitrogens with zero attached hydrogens (tertiary/aromatic N) is 1. The quantitative estimate of drug-likeness (QED) is 0.288. The van der Waals surface area contributed by atoms with E-state index in [0.29, 0.717) is 22.7 Å². The van der Waals surface area contributed by atoms with Crippen LogP contribution in [-0.4, -0.2) is 36.8 Å². The summed E-state index contributed by atoms with van der Waals surface area (Å²) in [5.41, 5.74) is 5.04. The molecule has 0 aliphatic heterocycles. The van der Waals surface area contributed by atoms with Crippen LogP contribution in [0, 0.1) is 13.8 Å². The zero-order valence-electron chi connectivity index (χ0n) is 19.8. The van der Waals surface area contributed by atoms with Crippen molar-refractivity contribution in [1.82, 2.24) is 4.98 Å². The van der Waals surface area contributed by atoms with Crippen molar-refractivity contribution in [3.8, 4) is 11.5 Å². The molecule has 0 fully saturated rings. The summed E-state index contributed by atoms with van der Waals surface area (Å²) in [7, 11) is 3.08. The third-order valence-electron chi connectivity index (χ3n) is 5.39. The molecule has 0 aliphatic rings. The molecule has 3 aromatic carbocycles. The number of rotatable bonds is 8. The van der Waals surface area contributed by atoms with Gasteiger partial charge in [-0.25, -0.2) is 4.98 Å². The number of amides is 2. The second-order valence-corrected chi connectivity index (χ2v) is 10.1. The Kier molecular flexibility index (Phi) is 7.57. The maximum absolute atomic E-state index is 12.7. The predicted molar refractivity (Wildman–Crippen MR) is 142 cm³/mol. The van der Waals surface area contributed by atoms with E-state index in [1.807, 2.05) is 50.2 Å². The first-order valence-corrected chi connectivity index (χ1v) is 12.6. The number of carbonyl (C=O) groups excluding carboxylic acids is 2. The Hall–Kier alpha value is -3.56. The van der Waals surface area contributed by atoms with E-state index in [4.69, 9.17) is 9.47 Å². The summed E-state index contributed by atoms with van der Waals surface area (Å²) in [5, 5.41) is 5.84. The lowest BCUT2D eigenvalue weighted by atomic mass is 10.1. The van der Waals surface area contributed by atoms with Gasteiger partial charge in [-0.05, 0) is 73.5 Å². The molecule has 180 valence electrons. The molecule has 2 N–H and O–H groups in total. The molecule has 4 rings (SSSR count). The highest BCUT2D eigenvalue weighted by atomic mass is 32.2. The molecule has 0 radical (unpaired) electrons. The van der Waals surface area contributed by atoms with Gasteiger partial charge in [0.15, 0.2) is 15.8 Å². The minimum atomic E-state index is -0.257. The molecule has 1 aromatic heterocycles. The third kappa shape index (κ3) is 5.93. The van der Waals surface area contributed by atoms with Gasteiger partial charge in [0.2, 0.25) is 5.91 Å². The molecule has 9 heteroatoms. The largest absolute Gasteiger partial charge is 0.493 e. The number of nitrogens with one attached hydrogen (secondary N) is 2.